The molecule has 8 heteroatoms. The summed E-state index contributed by atoms with van der Waals surface area (Å²) in [5.41, 5.74) is 5.67. The zero-order valence-corrected chi connectivity index (χ0v) is 29.4. The van der Waals surface area contributed by atoms with Gasteiger partial charge in [0.2, 0.25) is 0 Å². The van der Waals surface area contributed by atoms with E-state index in [-0.39, 0.29) is 5.78 Å². The van der Waals surface area contributed by atoms with Crippen molar-refractivity contribution in [1.29, 1.82) is 0 Å². The van der Waals surface area contributed by atoms with Gasteiger partial charge in [0, 0.05) is 24.1 Å². The molecular formula is C44H40N6O2. The fourth-order valence-corrected chi connectivity index (χ4v) is 7.80. The Labute approximate surface area is 303 Å². The maximum absolute atomic E-state index is 13.5. The van der Waals surface area contributed by atoms with Crippen LogP contribution in [0.25, 0.3) is 28.2 Å². The normalized spacial score (nSPS) is 16.0. The molecular weight excluding hydrogens is 645 g/mol. The molecule has 1 atom stereocenters. The van der Waals surface area contributed by atoms with Crippen LogP contribution in [0, 0.1) is 0 Å². The number of rotatable bonds is 9. The van der Waals surface area contributed by atoms with Gasteiger partial charge in [0.25, 0.3) is 0 Å². The number of tetrazole rings is 1. The summed E-state index contributed by atoms with van der Waals surface area (Å²) in [7, 11) is 0. The second-order valence-electron chi connectivity index (χ2n) is 13.7. The highest BCUT2D eigenvalue weighted by molar-refractivity contribution is 5.97. The fraction of sp³-hybridized carbons (Fsp3) is 0.205. The number of fused-ring (bicyclic) bond motifs is 1. The Bertz CT molecular complexity index is 2230. The number of aromatic nitrogens is 6. The molecule has 0 bridgehead atoms. The van der Waals surface area contributed by atoms with Crippen molar-refractivity contribution in [2.45, 2.75) is 57.1 Å². The Balaban J connectivity index is 1.29. The summed E-state index contributed by atoms with van der Waals surface area (Å²) in [5.74, 6) is 1.42. The first-order valence-electron chi connectivity index (χ1n) is 18.0. The lowest BCUT2D eigenvalue weighted by Gasteiger charge is -2.36. The van der Waals surface area contributed by atoms with Crippen LogP contribution in [0.15, 0.2) is 140 Å². The van der Waals surface area contributed by atoms with Crippen molar-refractivity contribution in [2.24, 2.45) is 0 Å². The van der Waals surface area contributed by atoms with Crippen LogP contribution in [0.2, 0.25) is 0 Å². The van der Waals surface area contributed by atoms with E-state index in [0.29, 0.717) is 42.9 Å². The van der Waals surface area contributed by atoms with Crippen molar-refractivity contribution in [1.82, 2.24) is 29.8 Å². The summed E-state index contributed by atoms with van der Waals surface area (Å²) in [5, 5.41) is 25.1. The molecule has 258 valence electrons. The maximum atomic E-state index is 13.5. The molecule has 1 aliphatic carbocycles. The van der Waals surface area contributed by atoms with Gasteiger partial charge in [-0.2, -0.15) is 0 Å². The molecule has 5 aromatic carbocycles. The largest absolute Gasteiger partial charge is 0.384 e. The quantitative estimate of drug-likeness (QED) is 0.121. The van der Waals surface area contributed by atoms with E-state index >= 15 is 0 Å². The van der Waals surface area contributed by atoms with Crippen molar-refractivity contribution >= 4 is 5.78 Å². The summed E-state index contributed by atoms with van der Waals surface area (Å²) < 4.78 is 3.92. The van der Waals surface area contributed by atoms with Crippen LogP contribution in [0.5, 0.6) is 0 Å². The number of nitrogens with zero attached hydrogens (tertiary/aromatic N) is 6. The van der Waals surface area contributed by atoms with Crippen molar-refractivity contribution in [2.75, 3.05) is 0 Å². The average molecular weight is 685 g/mol. The second kappa shape index (κ2) is 13.6. The van der Waals surface area contributed by atoms with Crippen LogP contribution in [-0.4, -0.2) is 40.6 Å². The standard InChI is InChI=1S/C44H40N6O2/c1-3-16-39-45-41-40(38(51)25-15-30-43(41,2)52)49(39)35-28-26-31(27-29-35)36-23-13-14-24-37(36)42-46-47-48-50(42)44(32-17-7-4-8-18-32,33-19-9-5-10-20-33)34-21-11-6-12-22-34/h4-14,17-24,26-29,52H,3,15-16,25,30H2,1-2H3/t43-/m1/s1. The van der Waals surface area contributed by atoms with Gasteiger partial charge < -0.3 is 5.11 Å². The molecule has 0 saturated carbocycles. The molecule has 0 amide bonds. The van der Waals surface area contributed by atoms with Crippen LogP contribution >= 0.6 is 0 Å². The summed E-state index contributed by atoms with van der Waals surface area (Å²) in [6, 6.07) is 47.5. The fourth-order valence-electron chi connectivity index (χ4n) is 7.80. The minimum Gasteiger partial charge on any atom is -0.384 e. The molecule has 1 N–H and O–H groups in total. The first kappa shape index (κ1) is 33.2. The number of hydrogen-bond donors (Lipinski definition) is 1. The number of carbonyl (C=O) groups excluding carboxylic acids is 1. The van der Waals surface area contributed by atoms with E-state index in [1.807, 2.05) is 51.7 Å². The summed E-state index contributed by atoms with van der Waals surface area (Å²) in [6.07, 6.45) is 3.07. The minimum atomic E-state index is -1.16. The number of imidazole rings is 1. The molecule has 0 fully saturated rings. The number of Topliss-reactive ketones (excluding diaryl/α,β-unsaturated/α-hetero) is 1. The molecule has 0 radical (unpaired) electrons. The van der Waals surface area contributed by atoms with Gasteiger partial charge in [-0.05, 0) is 76.6 Å². The molecule has 2 heterocycles. The molecule has 8 rings (SSSR count). The van der Waals surface area contributed by atoms with Gasteiger partial charge in [0.15, 0.2) is 11.6 Å². The lowest BCUT2D eigenvalue weighted by molar-refractivity contribution is 0.0431. The van der Waals surface area contributed by atoms with Gasteiger partial charge in [0.05, 0.1) is 0 Å². The van der Waals surface area contributed by atoms with Crippen molar-refractivity contribution in [3.8, 4) is 28.2 Å². The highest BCUT2D eigenvalue weighted by Gasteiger charge is 2.42. The molecule has 2 aromatic heterocycles. The van der Waals surface area contributed by atoms with Gasteiger partial charge in [-0.15, -0.1) is 5.10 Å². The third-order valence-electron chi connectivity index (χ3n) is 10.2. The Morgan fingerprint density at radius 1 is 0.750 bits per heavy atom. The number of aryl methyl sites for hydroxylation is 1. The predicted molar refractivity (Wildman–Crippen MR) is 202 cm³/mol. The third-order valence-corrected chi connectivity index (χ3v) is 10.2. The number of carbonyl (C=O) groups is 1. The smallest absolute Gasteiger partial charge is 0.184 e. The monoisotopic (exact) mass is 684 g/mol. The Morgan fingerprint density at radius 3 is 1.88 bits per heavy atom. The van der Waals surface area contributed by atoms with E-state index in [2.05, 4.69) is 109 Å². The van der Waals surface area contributed by atoms with Crippen LogP contribution < -0.4 is 0 Å². The van der Waals surface area contributed by atoms with E-state index in [1.165, 1.54) is 0 Å². The van der Waals surface area contributed by atoms with Gasteiger partial charge in [-0.1, -0.05) is 134 Å². The second-order valence-corrected chi connectivity index (χ2v) is 13.7. The van der Waals surface area contributed by atoms with Crippen LogP contribution in [0.4, 0.5) is 0 Å². The Hall–Kier alpha value is -5.99. The van der Waals surface area contributed by atoms with Gasteiger partial charge in [-0.3, -0.25) is 9.36 Å². The first-order valence-corrected chi connectivity index (χ1v) is 18.0. The summed E-state index contributed by atoms with van der Waals surface area (Å²) >= 11 is 0. The zero-order valence-electron chi connectivity index (χ0n) is 29.4. The predicted octanol–water partition coefficient (Wildman–Crippen LogP) is 8.56. The first-order chi connectivity index (χ1) is 25.4. The molecule has 8 nitrogen and oxygen atoms in total. The van der Waals surface area contributed by atoms with E-state index in [0.717, 1.165) is 51.3 Å². The number of aliphatic hydroxyl groups is 1. The third kappa shape index (κ3) is 5.56. The number of hydrogen-bond acceptors (Lipinski definition) is 6. The lowest BCUT2D eigenvalue weighted by Crippen LogP contribution is -2.39. The Kier molecular flexibility index (Phi) is 8.69. The van der Waals surface area contributed by atoms with E-state index in [1.54, 1.807) is 6.92 Å². The maximum Gasteiger partial charge on any atom is 0.184 e. The minimum absolute atomic E-state index is 0.0163. The Morgan fingerprint density at radius 2 is 1.31 bits per heavy atom. The lowest BCUT2D eigenvalue weighted by atomic mass is 9.77. The van der Waals surface area contributed by atoms with Crippen molar-refractivity contribution in [3.63, 3.8) is 0 Å². The number of benzene rings is 5. The van der Waals surface area contributed by atoms with Crippen LogP contribution in [0.1, 0.15) is 78.2 Å². The SMILES string of the molecule is CCCc1nc2c(n1-c1ccc(-c3ccccc3-c3nnnn3C(c3ccccc3)(c3ccccc3)c3ccccc3)cc1)C(=O)CCC[C@@]2(C)O. The number of ketones is 1. The molecule has 0 saturated heterocycles. The average Bonchev–Trinajstić information content (AvgIpc) is 3.81. The topological polar surface area (TPSA) is 98.7 Å². The van der Waals surface area contributed by atoms with E-state index in [9.17, 15) is 9.90 Å². The molecule has 0 aliphatic heterocycles. The molecule has 7 aromatic rings. The van der Waals surface area contributed by atoms with Gasteiger partial charge in [-0.25, -0.2) is 9.67 Å². The van der Waals surface area contributed by atoms with Gasteiger partial charge in [0.1, 0.15) is 28.4 Å². The highest BCUT2D eigenvalue weighted by Crippen LogP contribution is 2.43. The zero-order chi connectivity index (χ0) is 35.7. The molecule has 0 unspecified atom stereocenters. The van der Waals surface area contributed by atoms with Crippen LogP contribution in [-0.2, 0) is 17.6 Å². The summed E-state index contributed by atoms with van der Waals surface area (Å²) in [4.78, 5) is 18.4. The summed E-state index contributed by atoms with van der Waals surface area (Å²) in [6.45, 7) is 3.87. The van der Waals surface area contributed by atoms with E-state index in [4.69, 9.17) is 15.3 Å². The van der Waals surface area contributed by atoms with Crippen molar-refractivity contribution in [3.05, 3.63) is 173 Å². The highest BCUT2D eigenvalue weighted by atomic mass is 16.3. The molecule has 52 heavy (non-hydrogen) atoms. The van der Waals surface area contributed by atoms with Gasteiger partial charge >= 0.3 is 0 Å². The molecule has 0 spiro atoms. The molecule has 1 aliphatic rings. The van der Waals surface area contributed by atoms with Crippen LogP contribution in [0.3, 0.4) is 0 Å². The van der Waals surface area contributed by atoms with E-state index < -0.39 is 11.1 Å². The van der Waals surface area contributed by atoms with Crippen molar-refractivity contribution < 1.29 is 9.90 Å².